The molecule has 43 heavy (non-hydrogen) atoms. The van der Waals surface area contributed by atoms with Gasteiger partial charge in [0.2, 0.25) is 21.8 Å². The number of hydrogen-bond donors (Lipinski definition) is 1. The van der Waals surface area contributed by atoms with Crippen molar-refractivity contribution in [3.8, 4) is 0 Å². The van der Waals surface area contributed by atoms with Gasteiger partial charge in [-0.1, -0.05) is 91.1 Å². The molecule has 0 fully saturated rings. The summed E-state index contributed by atoms with van der Waals surface area (Å²) in [5.74, 6) is -0.362. The van der Waals surface area contributed by atoms with Gasteiger partial charge in [-0.05, 0) is 60.2 Å². The van der Waals surface area contributed by atoms with Crippen molar-refractivity contribution in [2.24, 2.45) is 5.92 Å². The summed E-state index contributed by atoms with van der Waals surface area (Å²) in [5, 5.41) is 4.27. The lowest BCUT2D eigenvalue weighted by atomic mass is 10.0. The van der Waals surface area contributed by atoms with Crippen molar-refractivity contribution in [1.82, 2.24) is 10.2 Å². The number of halogens is 3. The van der Waals surface area contributed by atoms with E-state index in [1.807, 2.05) is 44.2 Å². The molecule has 1 atom stereocenters. The van der Waals surface area contributed by atoms with E-state index in [1.54, 1.807) is 43.3 Å². The highest BCUT2D eigenvalue weighted by molar-refractivity contribution is 7.92. The number of benzene rings is 3. The van der Waals surface area contributed by atoms with Crippen LogP contribution in [0, 0.1) is 12.8 Å². The van der Waals surface area contributed by atoms with Crippen LogP contribution in [-0.2, 0) is 32.6 Å². The van der Waals surface area contributed by atoms with Crippen molar-refractivity contribution < 1.29 is 18.0 Å². The van der Waals surface area contributed by atoms with Crippen LogP contribution in [0.15, 0.2) is 66.7 Å². The van der Waals surface area contributed by atoms with Crippen LogP contribution in [0.2, 0.25) is 15.1 Å². The van der Waals surface area contributed by atoms with E-state index >= 15 is 0 Å². The predicted molar refractivity (Wildman–Crippen MR) is 176 cm³/mol. The quantitative estimate of drug-likeness (QED) is 0.203. The van der Waals surface area contributed by atoms with Crippen molar-refractivity contribution >= 4 is 62.3 Å². The normalized spacial score (nSPS) is 12.2. The largest absolute Gasteiger partial charge is 0.354 e. The molecule has 0 heterocycles. The van der Waals surface area contributed by atoms with Crippen LogP contribution in [0.25, 0.3) is 0 Å². The summed E-state index contributed by atoms with van der Waals surface area (Å²) in [6, 6.07) is 18.8. The first-order valence-electron chi connectivity index (χ1n) is 14.1. The van der Waals surface area contributed by atoms with Gasteiger partial charge in [0.25, 0.3) is 0 Å². The molecule has 0 aliphatic heterocycles. The molecule has 0 radical (unpaired) electrons. The molecule has 0 bridgehead atoms. The fourth-order valence-electron chi connectivity index (χ4n) is 4.66. The molecule has 2 amide bonds. The van der Waals surface area contributed by atoms with Crippen molar-refractivity contribution in [1.29, 1.82) is 0 Å². The Balaban J connectivity index is 1.93. The maximum absolute atomic E-state index is 14.0. The van der Waals surface area contributed by atoms with E-state index in [9.17, 15) is 18.0 Å². The van der Waals surface area contributed by atoms with Gasteiger partial charge >= 0.3 is 0 Å². The minimum atomic E-state index is -3.66. The lowest BCUT2D eigenvalue weighted by Gasteiger charge is -2.32. The molecule has 0 unspecified atom stereocenters. The highest BCUT2D eigenvalue weighted by atomic mass is 35.5. The molecule has 0 saturated carbocycles. The third kappa shape index (κ3) is 10.1. The number of nitrogens with zero attached hydrogens (tertiary/aromatic N) is 2. The first kappa shape index (κ1) is 34.7. The zero-order valence-corrected chi connectivity index (χ0v) is 27.9. The second-order valence-electron chi connectivity index (χ2n) is 10.9. The van der Waals surface area contributed by atoms with E-state index in [0.717, 1.165) is 11.8 Å². The number of carbonyl (C=O) groups is 2. The molecule has 0 spiro atoms. The highest BCUT2D eigenvalue weighted by Crippen LogP contribution is 2.29. The van der Waals surface area contributed by atoms with Gasteiger partial charge in [-0.15, -0.1) is 0 Å². The molecular weight excluding hydrogens is 629 g/mol. The van der Waals surface area contributed by atoms with E-state index in [4.69, 9.17) is 34.8 Å². The zero-order valence-electron chi connectivity index (χ0n) is 24.8. The Bertz CT molecular complexity index is 1520. The summed E-state index contributed by atoms with van der Waals surface area (Å²) in [4.78, 5) is 29.1. The molecule has 1 N–H and O–H groups in total. The third-order valence-electron chi connectivity index (χ3n) is 6.97. The van der Waals surface area contributed by atoms with Gasteiger partial charge in [0.15, 0.2) is 0 Å². The Morgan fingerprint density at radius 1 is 0.930 bits per heavy atom. The minimum Gasteiger partial charge on any atom is -0.354 e. The van der Waals surface area contributed by atoms with Crippen molar-refractivity contribution in [3.05, 3.63) is 98.5 Å². The fraction of sp³-hybridized carbons (Fsp3) is 0.375. The minimum absolute atomic E-state index is 0.000404. The van der Waals surface area contributed by atoms with E-state index in [1.165, 1.54) is 9.21 Å². The molecule has 11 heteroatoms. The second kappa shape index (κ2) is 15.8. The van der Waals surface area contributed by atoms with Crippen LogP contribution >= 0.6 is 34.8 Å². The average Bonchev–Trinajstić information content (AvgIpc) is 2.94. The van der Waals surface area contributed by atoms with Crippen LogP contribution in [0.5, 0.6) is 0 Å². The molecule has 0 aliphatic carbocycles. The van der Waals surface area contributed by atoms with Crippen LogP contribution in [0.3, 0.4) is 0 Å². The van der Waals surface area contributed by atoms with Crippen LogP contribution in [0.1, 0.15) is 43.4 Å². The lowest BCUT2D eigenvalue weighted by Crippen LogP contribution is -2.51. The second-order valence-corrected chi connectivity index (χ2v) is 14.1. The molecular formula is C32H38Cl3N3O4S. The van der Waals surface area contributed by atoms with Crippen molar-refractivity contribution in [3.63, 3.8) is 0 Å². The maximum Gasteiger partial charge on any atom is 0.243 e. The van der Waals surface area contributed by atoms with Crippen LogP contribution in [-0.4, -0.2) is 50.5 Å². The van der Waals surface area contributed by atoms with Crippen LogP contribution in [0.4, 0.5) is 5.69 Å². The Morgan fingerprint density at radius 3 is 2.26 bits per heavy atom. The molecule has 232 valence electrons. The smallest absolute Gasteiger partial charge is 0.243 e. The van der Waals surface area contributed by atoms with E-state index in [2.05, 4.69) is 5.32 Å². The van der Waals surface area contributed by atoms with Crippen molar-refractivity contribution in [2.45, 2.75) is 52.6 Å². The fourth-order valence-corrected chi connectivity index (χ4v) is 6.31. The standard InChI is InChI=1S/C32H38Cl3N3O4S/c1-22(2)20-36-32(40)30(18-24-10-6-5-7-11-24)37(21-25-15-16-26(33)19-28(25)35)31(39)14-9-17-38(43(4,41)42)29-13-8-12-27(34)23(29)3/h5-8,10-13,15-16,19,22,30H,9,14,17-18,20-21H2,1-4H3,(H,36,40)/t30-/m0/s1. The molecule has 7 nitrogen and oxygen atoms in total. The lowest BCUT2D eigenvalue weighted by molar-refractivity contribution is -0.141. The van der Waals surface area contributed by atoms with Crippen molar-refractivity contribution in [2.75, 3.05) is 23.7 Å². The molecule has 0 saturated heterocycles. The number of nitrogens with one attached hydrogen (secondary N) is 1. The number of amides is 2. The van der Waals surface area contributed by atoms with Crippen LogP contribution < -0.4 is 9.62 Å². The highest BCUT2D eigenvalue weighted by Gasteiger charge is 2.31. The summed E-state index contributed by atoms with van der Waals surface area (Å²) in [6.07, 6.45) is 1.63. The summed E-state index contributed by atoms with van der Waals surface area (Å²) >= 11 is 18.9. The number of carbonyl (C=O) groups excluding carboxylic acids is 2. The van der Waals surface area contributed by atoms with Gasteiger partial charge in [-0.2, -0.15) is 0 Å². The van der Waals surface area contributed by atoms with Gasteiger partial charge in [-0.25, -0.2) is 8.42 Å². The number of anilines is 1. The van der Waals surface area contributed by atoms with Gasteiger partial charge in [-0.3, -0.25) is 13.9 Å². The number of hydrogen-bond acceptors (Lipinski definition) is 4. The zero-order chi connectivity index (χ0) is 31.7. The summed E-state index contributed by atoms with van der Waals surface area (Å²) in [5.41, 5.74) is 2.63. The first-order chi connectivity index (χ1) is 20.3. The van der Waals surface area contributed by atoms with E-state index in [0.29, 0.717) is 44.8 Å². The molecule has 3 aromatic carbocycles. The Kier molecular flexibility index (Phi) is 12.8. The number of rotatable bonds is 14. The molecule has 3 rings (SSSR count). The summed E-state index contributed by atoms with van der Waals surface area (Å²) in [7, 11) is -3.66. The number of sulfonamides is 1. The topological polar surface area (TPSA) is 86.8 Å². The average molecular weight is 667 g/mol. The predicted octanol–water partition coefficient (Wildman–Crippen LogP) is 6.91. The van der Waals surface area contributed by atoms with Gasteiger partial charge in [0.1, 0.15) is 6.04 Å². The van der Waals surface area contributed by atoms with Gasteiger partial charge < -0.3 is 10.2 Å². The summed E-state index contributed by atoms with van der Waals surface area (Å²) in [6.45, 7) is 6.34. The van der Waals surface area contributed by atoms with E-state index < -0.39 is 16.1 Å². The Hall–Kier alpha value is -2.78. The molecule has 0 aromatic heterocycles. The first-order valence-corrected chi connectivity index (χ1v) is 17.0. The van der Waals surface area contributed by atoms with Gasteiger partial charge in [0.05, 0.1) is 11.9 Å². The monoisotopic (exact) mass is 665 g/mol. The molecule has 0 aliphatic rings. The Labute approximate surface area is 270 Å². The van der Waals surface area contributed by atoms with E-state index in [-0.39, 0.29) is 43.7 Å². The molecule has 3 aromatic rings. The van der Waals surface area contributed by atoms with Gasteiger partial charge in [0, 0.05) is 47.5 Å². The summed E-state index contributed by atoms with van der Waals surface area (Å²) < 4.78 is 26.8. The maximum atomic E-state index is 14.0. The Morgan fingerprint density at radius 2 is 1.63 bits per heavy atom. The third-order valence-corrected chi connectivity index (χ3v) is 9.15. The SMILES string of the molecule is Cc1c(Cl)cccc1N(CCCC(=O)N(Cc1ccc(Cl)cc1Cl)[C@@H](Cc1ccccc1)C(=O)NCC(C)C)S(C)(=O)=O.